The summed E-state index contributed by atoms with van der Waals surface area (Å²) in [7, 11) is 0. The Morgan fingerprint density at radius 3 is 2.80 bits per heavy atom. The highest BCUT2D eigenvalue weighted by atomic mass is 79.9. The Morgan fingerprint density at radius 2 is 2.10 bits per heavy atom. The molecule has 0 fully saturated rings. The highest BCUT2D eigenvalue weighted by molar-refractivity contribution is 9.10. The quantitative estimate of drug-likeness (QED) is 0.861. The first kappa shape index (κ1) is 14.7. The lowest BCUT2D eigenvalue weighted by Gasteiger charge is -2.12. The second-order valence-electron chi connectivity index (χ2n) is 4.20. The molecule has 1 aromatic heterocycles. The molecule has 0 saturated heterocycles. The van der Waals surface area contributed by atoms with Gasteiger partial charge in [-0.1, -0.05) is 22.9 Å². The predicted molar refractivity (Wildman–Crippen MR) is 83.0 cm³/mol. The van der Waals surface area contributed by atoms with Crippen LogP contribution in [0, 0.1) is 5.82 Å². The number of rotatable bonds is 5. The Balaban J connectivity index is 2.31. The lowest BCUT2D eigenvalue weighted by molar-refractivity contribution is 0.619. The number of nitrogens with one attached hydrogen (secondary N) is 2. The number of benzene rings is 1. The molecule has 0 aliphatic carbocycles. The molecule has 2 N–H and O–H groups in total. The van der Waals surface area contributed by atoms with Crippen molar-refractivity contribution in [2.24, 2.45) is 0 Å². The summed E-state index contributed by atoms with van der Waals surface area (Å²) in [5, 5.41) is 5.99. The molecule has 20 heavy (non-hydrogen) atoms. The van der Waals surface area contributed by atoms with Crippen LogP contribution in [0.15, 0.2) is 28.9 Å². The lowest BCUT2D eigenvalue weighted by atomic mass is 10.1. The minimum atomic E-state index is -0.475. The fraction of sp³-hybridized carbons (Fsp3) is 0.286. The molecule has 0 saturated carbocycles. The van der Waals surface area contributed by atoms with Gasteiger partial charge in [0.25, 0.3) is 0 Å². The van der Waals surface area contributed by atoms with Crippen LogP contribution in [0.1, 0.15) is 19.4 Å². The molecule has 0 aliphatic heterocycles. The van der Waals surface area contributed by atoms with E-state index in [4.69, 9.17) is 0 Å². The molecule has 1 heterocycles. The van der Waals surface area contributed by atoms with Crippen LogP contribution in [0.25, 0.3) is 0 Å². The van der Waals surface area contributed by atoms with Crippen molar-refractivity contribution >= 4 is 33.4 Å². The van der Waals surface area contributed by atoms with Crippen LogP contribution in [-0.2, 0) is 6.42 Å². The number of nitrogens with zero attached hydrogens (tertiary/aromatic N) is 2. The number of anilines is 3. The van der Waals surface area contributed by atoms with Crippen molar-refractivity contribution < 1.29 is 4.39 Å². The molecule has 0 spiro atoms. The van der Waals surface area contributed by atoms with E-state index in [1.165, 1.54) is 0 Å². The van der Waals surface area contributed by atoms with Gasteiger partial charge in [0.05, 0.1) is 6.20 Å². The van der Waals surface area contributed by atoms with Crippen LogP contribution in [0.3, 0.4) is 0 Å². The SMILES string of the molecule is CCNc1ncc(F)c(Nc2ccc(Br)cc2CC)n1. The van der Waals surface area contributed by atoms with Crippen molar-refractivity contribution in [1.82, 2.24) is 9.97 Å². The summed E-state index contributed by atoms with van der Waals surface area (Å²) in [4.78, 5) is 8.02. The molecule has 2 rings (SSSR count). The van der Waals surface area contributed by atoms with E-state index < -0.39 is 5.82 Å². The predicted octanol–water partition coefficient (Wildman–Crippen LogP) is 4.12. The minimum Gasteiger partial charge on any atom is -0.354 e. The average Bonchev–Trinajstić information content (AvgIpc) is 2.44. The number of aromatic nitrogens is 2. The molecule has 0 aliphatic rings. The van der Waals surface area contributed by atoms with Crippen molar-refractivity contribution in [1.29, 1.82) is 0 Å². The Bertz CT molecular complexity index is 604. The first-order valence-corrected chi connectivity index (χ1v) is 7.25. The monoisotopic (exact) mass is 338 g/mol. The first-order chi connectivity index (χ1) is 9.63. The van der Waals surface area contributed by atoms with Gasteiger partial charge in [-0.25, -0.2) is 9.37 Å². The van der Waals surface area contributed by atoms with Gasteiger partial charge >= 0.3 is 0 Å². The van der Waals surface area contributed by atoms with Crippen molar-refractivity contribution in [2.45, 2.75) is 20.3 Å². The summed E-state index contributed by atoms with van der Waals surface area (Å²) >= 11 is 3.43. The van der Waals surface area contributed by atoms with Crippen molar-refractivity contribution in [3.63, 3.8) is 0 Å². The second-order valence-corrected chi connectivity index (χ2v) is 5.12. The summed E-state index contributed by atoms with van der Waals surface area (Å²) in [6, 6.07) is 5.82. The Hall–Kier alpha value is -1.69. The van der Waals surface area contributed by atoms with Gasteiger partial charge in [0, 0.05) is 16.7 Å². The standard InChI is InChI=1S/C14H16BrFN4/c1-3-9-7-10(15)5-6-12(9)19-13-11(16)8-18-14(20-13)17-4-2/h5-8H,3-4H2,1-2H3,(H2,17,18,19,20). The summed E-state index contributed by atoms with van der Waals surface area (Å²) in [5.41, 5.74) is 1.93. The van der Waals surface area contributed by atoms with E-state index in [2.05, 4.69) is 36.5 Å². The van der Waals surface area contributed by atoms with E-state index in [0.29, 0.717) is 12.5 Å². The van der Waals surface area contributed by atoms with Crippen LogP contribution < -0.4 is 10.6 Å². The van der Waals surface area contributed by atoms with E-state index in [1.54, 1.807) is 0 Å². The van der Waals surface area contributed by atoms with Crippen molar-refractivity contribution in [3.05, 3.63) is 40.2 Å². The van der Waals surface area contributed by atoms with E-state index in [-0.39, 0.29) is 5.82 Å². The number of hydrogen-bond donors (Lipinski definition) is 2. The van der Waals surface area contributed by atoms with E-state index in [1.807, 2.05) is 32.0 Å². The highest BCUT2D eigenvalue weighted by Gasteiger charge is 2.09. The third kappa shape index (κ3) is 3.45. The summed E-state index contributed by atoms with van der Waals surface area (Å²) in [6.07, 6.45) is 2.01. The first-order valence-electron chi connectivity index (χ1n) is 6.46. The number of halogens is 2. The van der Waals surface area contributed by atoms with Crippen LogP contribution in [-0.4, -0.2) is 16.5 Å². The molecule has 0 atom stereocenters. The van der Waals surface area contributed by atoms with Gasteiger partial charge in [0.2, 0.25) is 5.95 Å². The lowest BCUT2D eigenvalue weighted by Crippen LogP contribution is -2.06. The van der Waals surface area contributed by atoms with Gasteiger partial charge in [-0.15, -0.1) is 0 Å². The van der Waals surface area contributed by atoms with Crippen LogP contribution >= 0.6 is 15.9 Å². The normalized spacial score (nSPS) is 10.4. The van der Waals surface area contributed by atoms with Crippen LogP contribution in [0.5, 0.6) is 0 Å². The molecular weight excluding hydrogens is 323 g/mol. The topological polar surface area (TPSA) is 49.8 Å². The maximum absolute atomic E-state index is 13.8. The van der Waals surface area contributed by atoms with Crippen LogP contribution in [0.2, 0.25) is 0 Å². The summed E-state index contributed by atoms with van der Waals surface area (Å²) < 4.78 is 14.8. The maximum atomic E-state index is 13.8. The molecule has 106 valence electrons. The number of aryl methyl sites for hydroxylation is 1. The molecule has 0 radical (unpaired) electrons. The fourth-order valence-electron chi connectivity index (χ4n) is 1.80. The third-order valence-electron chi connectivity index (χ3n) is 2.78. The van der Waals surface area contributed by atoms with Gasteiger partial charge in [0.15, 0.2) is 11.6 Å². The van der Waals surface area contributed by atoms with Crippen LogP contribution in [0.4, 0.5) is 21.8 Å². The molecule has 1 aromatic carbocycles. The zero-order valence-electron chi connectivity index (χ0n) is 11.4. The fourth-order valence-corrected chi connectivity index (χ4v) is 2.21. The molecule has 0 unspecified atom stereocenters. The zero-order valence-corrected chi connectivity index (χ0v) is 13.0. The Kier molecular flexibility index (Phi) is 4.89. The van der Waals surface area contributed by atoms with Crippen molar-refractivity contribution in [3.8, 4) is 0 Å². The van der Waals surface area contributed by atoms with Gasteiger partial charge in [-0.3, -0.25) is 0 Å². The molecule has 0 bridgehead atoms. The summed E-state index contributed by atoms with van der Waals surface area (Å²) in [5.74, 6) is 0.108. The Labute approximate surface area is 126 Å². The summed E-state index contributed by atoms with van der Waals surface area (Å²) in [6.45, 7) is 4.67. The van der Waals surface area contributed by atoms with E-state index in [9.17, 15) is 4.39 Å². The second kappa shape index (κ2) is 6.65. The molecule has 6 heteroatoms. The van der Waals surface area contributed by atoms with E-state index in [0.717, 1.165) is 28.3 Å². The van der Waals surface area contributed by atoms with Crippen molar-refractivity contribution in [2.75, 3.05) is 17.2 Å². The maximum Gasteiger partial charge on any atom is 0.224 e. The van der Waals surface area contributed by atoms with Gasteiger partial charge < -0.3 is 10.6 Å². The van der Waals surface area contributed by atoms with Gasteiger partial charge in [-0.2, -0.15) is 4.98 Å². The van der Waals surface area contributed by atoms with E-state index >= 15 is 0 Å². The molecule has 4 nitrogen and oxygen atoms in total. The Morgan fingerprint density at radius 1 is 1.30 bits per heavy atom. The zero-order chi connectivity index (χ0) is 14.5. The largest absolute Gasteiger partial charge is 0.354 e. The molecular formula is C14H16BrFN4. The average molecular weight is 339 g/mol. The minimum absolute atomic E-state index is 0.174. The number of hydrogen-bond acceptors (Lipinski definition) is 4. The molecule has 0 amide bonds. The van der Waals surface area contributed by atoms with Gasteiger partial charge in [0.1, 0.15) is 0 Å². The molecule has 2 aromatic rings. The van der Waals surface area contributed by atoms with Gasteiger partial charge in [-0.05, 0) is 37.1 Å². The smallest absolute Gasteiger partial charge is 0.224 e. The highest BCUT2D eigenvalue weighted by Crippen LogP contribution is 2.25. The third-order valence-corrected chi connectivity index (χ3v) is 3.27.